The summed E-state index contributed by atoms with van der Waals surface area (Å²) in [4.78, 5) is 12.7. The summed E-state index contributed by atoms with van der Waals surface area (Å²) in [5.41, 5.74) is -0.169. The predicted octanol–water partition coefficient (Wildman–Crippen LogP) is 5.28. The summed E-state index contributed by atoms with van der Waals surface area (Å²) in [7, 11) is 0. The molecule has 4 rings (SSSR count). The molecule has 2 heterocycles. The van der Waals surface area contributed by atoms with Crippen LogP contribution in [0.5, 0.6) is 0 Å². The Kier molecular flexibility index (Phi) is 4.74. The van der Waals surface area contributed by atoms with Crippen LogP contribution in [0.1, 0.15) is 19.4 Å². The van der Waals surface area contributed by atoms with Crippen LogP contribution >= 0.6 is 0 Å². The van der Waals surface area contributed by atoms with Crippen LogP contribution in [0.25, 0.3) is 27.9 Å². The van der Waals surface area contributed by atoms with Crippen LogP contribution in [-0.4, -0.2) is 9.51 Å². The summed E-state index contributed by atoms with van der Waals surface area (Å²) >= 11 is 0. The Morgan fingerprint density at radius 2 is 1.57 bits per heavy atom. The third-order valence-electron chi connectivity index (χ3n) is 5.06. The van der Waals surface area contributed by atoms with E-state index in [1.165, 1.54) is 44.3 Å². The lowest BCUT2D eigenvalue weighted by atomic mass is 9.94. The van der Waals surface area contributed by atoms with Gasteiger partial charge < -0.3 is 9.51 Å². The van der Waals surface area contributed by atoms with E-state index in [1.807, 2.05) is 0 Å². The lowest BCUT2D eigenvalue weighted by Crippen LogP contribution is -2.16. The van der Waals surface area contributed by atoms with E-state index in [9.17, 15) is 23.1 Å². The van der Waals surface area contributed by atoms with Gasteiger partial charge in [-0.1, -0.05) is 18.2 Å². The molecule has 3 nitrogen and oxygen atoms in total. The average Bonchev–Trinajstić information content (AvgIpc) is 2.67. The molecule has 6 heteroatoms. The number of halogens is 3. The lowest BCUT2D eigenvalue weighted by Gasteiger charge is -2.19. The number of aliphatic hydroxyl groups is 1. The molecule has 30 heavy (non-hydrogen) atoms. The predicted molar refractivity (Wildman–Crippen MR) is 110 cm³/mol. The SMILES string of the molecule is CC(C)(O)c1ccc(-c2c(=O)ccn3c(-c4ccc(F)cc4F)cccc23)c(F)c1. The molecule has 1 N–H and O–H groups in total. The van der Waals surface area contributed by atoms with Gasteiger partial charge >= 0.3 is 0 Å². The van der Waals surface area contributed by atoms with E-state index in [2.05, 4.69) is 0 Å². The molecule has 0 aliphatic rings. The minimum atomic E-state index is -1.24. The van der Waals surface area contributed by atoms with Gasteiger partial charge in [0.05, 0.1) is 22.4 Å². The van der Waals surface area contributed by atoms with Crippen LogP contribution in [0.4, 0.5) is 13.2 Å². The molecular formula is C24H18F3NO2. The Hall–Kier alpha value is -3.38. The average molecular weight is 409 g/mol. The van der Waals surface area contributed by atoms with E-state index in [1.54, 1.807) is 28.7 Å². The summed E-state index contributed by atoms with van der Waals surface area (Å²) in [5, 5.41) is 10.1. The highest BCUT2D eigenvalue weighted by Crippen LogP contribution is 2.31. The van der Waals surface area contributed by atoms with Crippen LogP contribution in [0, 0.1) is 17.5 Å². The van der Waals surface area contributed by atoms with E-state index >= 15 is 0 Å². The van der Waals surface area contributed by atoms with Crippen molar-refractivity contribution in [1.29, 1.82) is 0 Å². The zero-order chi connectivity index (χ0) is 21.6. The largest absolute Gasteiger partial charge is 0.386 e. The van der Waals surface area contributed by atoms with E-state index in [-0.39, 0.29) is 16.7 Å². The molecule has 0 aliphatic carbocycles. The van der Waals surface area contributed by atoms with Gasteiger partial charge in [-0.3, -0.25) is 4.79 Å². The second-order valence-electron chi connectivity index (χ2n) is 7.60. The normalized spacial score (nSPS) is 11.8. The molecule has 152 valence electrons. The van der Waals surface area contributed by atoms with Gasteiger partial charge in [0.2, 0.25) is 0 Å². The molecule has 0 atom stereocenters. The van der Waals surface area contributed by atoms with Crippen LogP contribution in [0.2, 0.25) is 0 Å². The van der Waals surface area contributed by atoms with E-state index in [0.29, 0.717) is 16.8 Å². The maximum absolute atomic E-state index is 14.9. The summed E-state index contributed by atoms with van der Waals surface area (Å²) < 4.78 is 44.2. The van der Waals surface area contributed by atoms with Crippen molar-refractivity contribution in [3.8, 4) is 22.4 Å². The van der Waals surface area contributed by atoms with Crippen molar-refractivity contribution in [2.24, 2.45) is 0 Å². The first-order valence-corrected chi connectivity index (χ1v) is 9.29. The van der Waals surface area contributed by atoms with Crippen molar-refractivity contribution in [3.63, 3.8) is 0 Å². The molecule has 2 aromatic heterocycles. The maximum Gasteiger partial charge on any atom is 0.190 e. The number of pyridine rings is 2. The molecule has 0 bridgehead atoms. The minimum Gasteiger partial charge on any atom is -0.386 e. The standard InChI is InChI=1S/C24H18F3NO2/c1-24(2,30)14-6-8-17(18(26)12-14)23-21-5-3-4-20(28(21)11-10-22(23)29)16-9-7-15(25)13-19(16)27/h3-13,30H,1-2H3. The van der Waals surface area contributed by atoms with Crippen LogP contribution in [0.15, 0.2) is 71.7 Å². The number of aromatic nitrogens is 1. The second kappa shape index (κ2) is 7.15. The van der Waals surface area contributed by atoms with E-state index in [4.69, 9.17) is 0 Å². The van der Waals surface area contributed by atoms with Gasteiger partial charge in [0.25, 0.3) is 0 Å². The number of hydrogen-bond acceptors (Lipinski definition) is 2. The summed E-state index contributed by atoms with van der Waals surface area (Å²) in [6.07, 6.45) is 1.47. The Labute approximate surface area is 170 Å². The fourth-order valence-corrected chi connectivity index (χ4v) is 3.52. The number of hydrogen-bond donors (Lipinski definition) is 1. The topological polar surface area (TPSA) is 41.7 Å². The Morgan fingerprint density at radius 3 is 2.23 bits per heavy atom. The number of rotatable bonds is 3. The Balaban J connectivity index is 1.99. The monoisotopic (exact) mass is 409 g/mol. The van der Waals surface area contributed by atoms with Crippen molar-refractivity contribution in [3.05, 3.63) is 100 Å². The van der Waals surface area contributed by atoms with Gasteiger partial charge in [-0.15, -0.1) is 0 Å². The van der Waals surface area contributed by atoms with Gasteiger partial charge in [-0.05, 0) is 49.7 Å². The highest BCUT2D eigenvalue weighted by molar-refractivity contribution is 5.82. The highest BCUT2D eigenvalue weighted by Gasteiger charge is 2.20. The fraction of sp³-hybridized carbons (Fsp3) is 0.125. The first-order chi connectivity index (χ1) is 14.2. The van der Waals surface area contributed by atoms with Crippen LogP contribution < -0.4 is 5.43 Å². The maximum atomic E-state index is 14.9. The van der Waals surface area contributed by atoms with Gasteiger partial charge in [-0.2, -0.15) is 0 Å². The zero-order valence-corrected chi connectivity index (χ0v) is 16.3. The molecule has 0 aliphatic heterocycles. The molecule has 2 aromatic carbocycles. The van der Waals surface area contributed by atoms with E-state index in [0.717, 1.165) is 12.1 Å². The molecule has 0 fully saturated rings. The highest BCUT2D eigenvalue weighted by atomic mass is 19.1. The first kappa shape index (κ1) is 19.9. The lowest BCUT2D eigenvalue weighted by molar-refractivity contribution is 0.0782. The van der Waals surface area contributed by atoms with Crippen molar-refractivity contribution >= 4 is 5.52 Å². The van der Waals surface area contributed by atoms with Crippen molar-refractivity contribution < 1.29 is 18.3 Å². The quantitative estimate of drug-likeness (QED) is 0.500. The minimum absolute atomic E-state index is 0.0721. The third-order valence-corrected chi connectivity index (χ3v) is 5.06. The summed E-state index contributed by atoms with van der Waals surface area (Å²) in [6, 6.07) is 13.6. The first-order valence-electron chi connectivity index (χ1n) is 9.29. The Bertz CT molecular complexity index is 1340. The van der Waals surface area contributed by atoms with Crippen molar-refractivity contribution in [1.82, 2.24) is 4.40 Å². The smallest absolute Gasteiger partial charge is 0.190 e. The van der Waals surface area contributed by atoms with Crippen LogP contribution in [-0.2, 0) is 5.60 Å². The molecule has 0 unspecified atom stereocenters. The van der Waals surface area contributed by atoms with Gasteiger partial charge in [-0.25, -0.2) is 13.2 Å². The van der Waals surface area contributed by atoms with Crippen LogP contribution in [0.3, 0.4) is 0 Å². The molecule has 0 saturated heterocycles. The summed E-state index contributed by atoms with van der Waals surface area (Å²) in [6.45, 7) is 3.08. The number of fused-ring (bicyclic) bond motifs is 1. The van der Waals surface area contributed by atoms with Gasteiger partial charge in [0, 0.05) is 29.5 Å². The second-order valence-corrected chi connectivity index (χ2v) is 7.60. The van der Waals surface area contributed by atoms with Gasteiger partial charge in [0.15, 0.2) is 5.43 Å². The molecule has 0 radical (unpaired) electrons. The summed E-state index contributed by atoms with van der Waals surface area (Å²) in [5.74, 6) is -2.10. The molecule has 0 spiro atoms. The fourth-order valence-electron chi connectivity index (χ4n) is 3.52. The Morgan fingerprint density at radius 1 is 0.867 bits per heavy atom. The van der Waals surface area contributed by atoms with E-state index < -0.39 is 28.5 Å². The van der Waals surface area contributed by atoms with Crippen molar-refractivity contribution in [2.75, 3.05) is 0 Å². The number of benzene rings is 2. The van der Waals surface area contributed by atoms with Gasteiger partial charge in [0.1, 0.15) is 17.5 Å². The molecular weight excluding hydrogens is 391 g/mol. The molecule has 4 aromatic rings. The number of nitrogens with zero attached hydrogens (tertiary/aromatic N) is 1. The molecule has 0 amide bonds. The zero-order valence-electron chi connectivity index (χ0n) is 16.3. The van der Waals surface area contributed by atoms with Crippen molar-refractivity contribution in [2.45, 2.75) is 19.4 Å². The molecule has 0 saturated carbocycles. The third kappa shape index (κ3) is 3.39.